The largest absolute Gasteiger partial charge is 0.379 e. The van der Waals surface area contributed by atoms with Gasteiger partial charge in [0.15, 0.2) is 0 Å². The van der Waals surface area contributed by atoms with E-state index in [0.717, 1.165) is 44.8 Å². The van der Waals surface area contributed by atoms with Gasteiger partial charge in [-0.25, -0.2) is 0 Å². The van der Waals surface area contributed by atoms with E-state index >= 15 is 0 Å². The van der Waals surface area contributed by atoms with E-state index in [1.54, 1.807) is 0 Å². The molecule has 0 aromatic rings. The first-order valence-corrected chi connectivity index (χ1v) is 7.35. The lowest BCUT2D eigenvalue weighted by Crippen LogP contribution is -2.36. The van der Waals surface area contributed by atoms with Gasteiger partial charge in [-0.1, -0.05) is 0 Å². The highest BCUT2D eigenvalue weighted by Crippen LogP contribution is 2.29. The van der Waals surface area contributed by atoms with E-state index in [0.29, 0.717) is 19.1 Å². The first-order chi connectivity index (χ1) is 8.79. The summed E-state index contributed by atoms with van der Waals surface area (Å²) in [5, 5.41) is 2.98. The Kier molecular flexibility index (Phi) is 5.45. The van der Waals surface area contributed by atoms with E-state index < -0.39 is 0 Å². The van der Waals surface area contributed by atoms with Crippen LogP contribution in [0.5, 0.6) is 0 Å². The maximum absolute atomic E-state index is 11.9. The Morgan fingerprint density at radius 2 is 1.78 bits per heavy atom. The fourth-order valence-electron chi connectivity index (χ4n) is 2.59. The van der Waals surface area contributed by atoms with Gasteiger partial charge in [0.25, 0.3) is 0 Å². The summed E-state index contributed by atoms with van der Waals surface area (Å²) in [5.41, 5.74) is 5.65. The van der Waals surface area contributed by atoms with Crippen LogP contribution in [-0.2, 0) is 9.53 Å². The van der Waals surface area contributed by atoms with Crippen molar-refractivity contribution in [2.24, 2.45) is 23.5 Å². The third kappa shape index (κ3) is 4.58. The van der Waals surface area contributed by atoms with Crippen LogP contribution in [0, 0.1) is 17.8 Å². The quantitative estimate of drug-likeness (QED) is 0.673. The van der Waals surface area contributed by atoms with Gasteiger partial charge in [0.05, 0.1) is 6.61 Å². The molecule has 0 heterocycles. The highest BCUT2D eigenvalue weighted by atomic mass is 16.5. The van der Waals surface area contributed by atoms with Crippen LogP contribution in [0.25, 0.3) is 0 Å². The normalized spacial score (nSPS) is 28.1. The molecule has 2 aliphatic rings. The van der Waals surface area contributed by atoms with E-state index in [9.17, 15) is 4.79 Å². The SMILES string of the molecule is NCC1CCC(C(=O)NCCOCC2CC2)CC1. The summed E-state index contributed by atoms with van der Waals surface area (Å²) in [6.07, 6.45) is 6.83. The molecule has 0 aromatic heterocycles. The van der Waals surface area contributed by atoms with Gasteiger partial charge in [0, 0.05) is 19.1 Å². The summed E-state index contributed by atoms with van der Waals surface area (Å²) in [5.74, 6) is 1.85. The molecule has 4 heteroatoms. The molecule has 3 N–H and O–H groups in total. The Morgan fingerprint density at radius 3 is 2.39 bits per heavy atom. The van der Waals surface area contributed by atoms with Gasteiger partial charge in [-0.15, -0.1) is 0 Å². The molecule has 0 saturated heterocycles. The van der Waals surface area contributed by atoms with E-state index in [4.69, 9.17) is 10.5 Å². The van der Waals surface area contributed by atoms with Crippen LogP contribution < -0.4 is 11.1 Å². The Morgan fingerprint density at radius 1 is 1.11 bits per heavy atom. The van der Waals surface area contributed by atoms with Gasteiger partial charge < -0.3 is 15.8 Å². The third-order valence-corrected chi connectivity index (χ3v) is 4.15. The predicted molar refractivity (Wildman–Crippen MR) is 71.1 cm³/mol. The lowest BCUT2D eigenvalue weighted by Gasteiger charge is -2.26. The zero-order valence-electron chi connectivity index (χ0n) is 11.2. The Balaban J connectivity index is 1.51. The molecule has 0 spiro atoms. The van der Waals surface area contributed by atoms with Gasteiger partial charge in [-0.2, -0.15) is 0 Å². The molecule has 18 heavy (non-hydrogen) atoms. The van der Waals surface area contributed by atoms with E-state index in [-0.39, 0.29) is 11.8 Å². The number of nitrogens with two attached hydrogens (primary N) is 1. The molecule has 0 atom stereocenters. The van der Waals surface area contributed by atoms with Crippen LogP contribution in [0.15, 0.2) is 0 Å². The molecule has 0 unspecified atom stereocenters. The van der Waals surface area contributed by atoms with Gasteiger partial charge in [0.1, 0.15) is 0 Å². The van der Waals surface area contributed by atoms with Crippen molar-refractivity contribution >= 4 is 5.91 Å². The number of rotatable bonds is 7. The van der Waals surface area contributed by atoms with Crippen LogP contribution in [0.1, 0.15) is 38.5 Å². The van der Waals surface area contributed by atoms with Gasteiger partial charge >= 0.3 is 0 Å². The van der Waals surface area contributed by atoms with Gasteiger partial charge in [-0.05, 0) is 56.9 Å². The number of amides is 1. The topological polar surface area (TPSA) is 64.4 Å². The molecule has 2 saturated carbocycles. The second-order valence-corrected chi connectivity index (χ2v) is 5.76. The minimum atomic E-state index is 0.205. The van der Waals surface area contributed by atoms with Crippen LogP contribution >= 0.6 is 0 Å². The van der Waals surface area contributed by atoms with E-state index in [1.807, 2.05) is 0 Å². The van der Waals surface area contributed by atoms with Crippen molar-refractivity contribution in [1.82, 2.24) is 5.32 Å². The molecule has 2 rings (SSSR count). The highest BCUT2D eigenvalue weighted by molar-refractivity contribution is 5.78. The summed E-state index contributed by atoms with van der Waals surface area (Å²) in [6, 6.07) is 0. The van der Waals surface area contributed by atoms with Crippen molar-refractivity contribution in [2.75, 3.05) is 26.3 Å². The summed E-state index contributed by atoms with van der Waals surface area (Å²) in [4.78, 5) is 11.9. The van der Waals surface area contributed by atoms with E-state index in [1.165, 1.54) is 12.8 Å². The fraction of sp³-hybridized carbons (Fsp3) is 0.929. The van der Waals surface area contributed by atoms with Crippen molar-refractivity contribution in [1.29, 1.82) is 0 Å². The number of carbonyl (C=O) groups excluding carboxylic acids is 1. The summed E-state index contributed by atoms with van der Waals surface area (Å²) < 4.78 is 5.50. The minimum Gasteiger partial charge on any atom is -0.379 e. The minimum absolute atomic E-state index is 0.205. The smallest absolute Gasteiger partial charge is 0.223 e. The maximum Gasteiger partial charge on any atom is 0.223 e. The molecule has 1 amide bonds. The standard InChI is InChI=1S/C14H26N2O2/c15-9-11-3-5-13(6-4-11)14(17)16-7-8-18-10-12-1-2-12/h11-13H,1-10,15H2,(H,16,17). The summed E-state index contributed by atoms with van der Waals surface area (Å²) in [7, 11) is 0. The van der Waals surface area contributed by atoms with Gasteiger partial charge in [0.2, 0.25) is 5.91 Å². The molecule has 0 aromatic carbocycles. The molecule has 104 valence electrons. The molecule has 4 nitrogen and oxygen atoms in total. The first kappa shape index (κ1) is 13.8. The van der Waals surface area contributed by atoms with Crippen molar-refractivity contribution in [3.05, 3.63) is 0 Å². The average Bonchev–Trinajstić information content (AvgIpc) is 3.22. The zero-order valence-corrected chi connectivity index (χ0v) is 11.2. The number of hydrogen-bond acceptors (Lipinski definition) is 3. The number of carbonyl (C=O) groups is 1. The lowest BCUT2D eigenvalue weighted by atomic mass is 9.81. The Bertz CT molecular complexity index is 259. The highest BCUT2D eigenvalue weighted by Gasteiger charge is 2.25. The summed E-state index contributed by atoms with van der Waals surface area (Å²) in [6.45, 7) is 2.95. The fourth-order valence-corrected chi connectivity index (χ4v) is 2.59. The lowest BCUT2D eigenvalue weighted by molar-refractivity contribution is -0.126. The van der Waals surface area contributed by atoms with Crippen molar-refractivity contribution in [3.63, 3.8) is 0 Å². The molecule has 0 aliphatic heterocycles. The Hall–Kier alpha value is -0.610. The molecular weight excluding hydrogens is 228 g/mol. The predicted octanol–water partition coefficient (Wildman–Crippen LogP) is 1.29. The number of nitrogens with one attached hydrogen (secondary N) is 1. The van der Waals surface area contributed by atoms with Crippen LogP contribution in [-0.4, -0.2) is 32.2 Å². The van der Waals surface area contributed by atoms with Crippen molar-refractivity contribution in [3.8, 4) is 0 Å². The van der Waals surface area contributed by atoms with E-state index in [2.05, 4.69) is 5.32 Å². The second kappa shape index (κ2) is 7.10. The van der Waals surface area contributed by atoms with Crippen molar-refractivity contribution < 1.29 is 9.53 Å². The van der Waals surface area contributed by atoms with Crippen LogP contribution in [0.4, 0.5) is 0 Å². The van der Waals surface area contributed by atoms with Crippen LogP contribution in [0.2, 0.25) is 0 Å². The first-order valence-electron chi connectivity index (χ1n) is 7.35. The van der Waals surface area contributed by atoms with Crippen molar-refractivity contribution in [2.45, 2.75) is 38.5 Å². The zero-order chi connectivity index (χ0) is 12.8. The number of ether oxygens (including phenoxy) is 1. The monoisotopic (exact) mass is 254 g/mol. The second-order valence-electron chi connectivity index (χ2n) is 5.76. The molecule has 0 radical (unpaired) electrons. The van der Waals surface area contributed by atoms with Crippen LogP contribution in [0.3, 0.4) is 0 Å². The molecular formula is C14H26N2O2. The third-order valence-electron chi connectivity index (χ3n) is 4.15. The Labute approximate surface area is 110 Å². The maximum atomic E-state index is 11.9. The average molecular weight is 254 g/mol. The van der Waals surface area contributed by atoms with Gasteiger partial charge in [-0.3, -0.25) is 4.79 Å². The molecule has 2 fully saturated rings. The molecule has 2 aliphatic carbocycles. The molecule has 0 bridgehead atoms. The number of hydrogen-bond donors (Lipinski definition) is 2. The summed E-state index contributed by atoms with van der Waals surface area (Å²) >= 11 is 0.